The number of benzene rings is 1. The number of amides is 3. The number of anilines is 1. The van der Waals surface area contributed by atoms with Gasteiger partial charge in [0.1, 0.15) is 6.42 Å². The molecule has 8 nitrogen and oxygen atoms in total. The fraction of sp³-hybridized carbons (Fsp3) is 0.400. The lowest BCUT2D eigenvalue weighted by Crippen LogP contribution is -2.38. The first-order valence-electron chi connectivity index (χ1n) is 9.34. The smallest absolute Gasteiger partial charge is 0.330 e. The van der Waals surface area contributed by atoms with Crippen molar-refractivity contribution in [3.8, 4) is 0 Å². The van der Waals surface area contributed by atoms with E-state index in [0.29, 0.717) is 30.1 Å². The van der Waals surface area contributed by atoms with E-state index in [4.69, 9.17) is 16.3 Å². The lowest BCUT2D eigenvalue weighted by atomic mass is 9.98. The van der Waals surface area contributed by atoms with Crippen LogP contribution < -0.4 is 16.0 Å². The average Bonchev–Trinajstić information content (AvgIpc) is 3.04. The molecule has 29 heavy (non-hydrogen) atoms. The minimum absolute atomic E-state index is 0.0903. The first kappa shape index (κ1) is 22.4. The molecule has 0 bridgehead atoms. The molecule has 1 aliphatic heterocycles. The molecule has 1 aromatic rings. The van der Waals surface area contributed by atoms with Crippen molar-refractivity contribution in [1.29, 1.82) is 0 Å². The zero-order valence-electron chi connectivity index (χ0n) is 16.1. The second-order valence-electron chi connectivity index (χ2n) is 6.53. The summed E-state index contributed by atoms with van der Waals surface area (Å²) in [7, 11) is 0. The molecule has 1 heterocycles. The van der Waals surface area contributed by atoms with Crippen LogP contribution in [0.25, 0.3) is 0 Å². The van der Waals surface area contributed by atoms with Crippen LogP contribution in [0.15, 0.2) is 36.4 Å². The summed E-state index contributed by atoms with van der Waals surface area (Å²) in [6.45, 7) is 2.50. The van der Waals surface area contributed by atoms with Crippen LogP contribution in [0.1, 0.15) is 26.2 Å². The van der Waals surface area contributed by atoms with Gasteiger partial charge in [0.15, 0.2) is 0 Å². The van der Waals surface area contributed by atoms with Gasteiger partial charge >= 0.3 is 5.97 Å². The van der Waals surface area contributed by atoms with Gasteiger partial charge in [0.05, 0.1) is 6.61 Å². The van der Waals surface area contributed by atoms with Crippen molar-refractivity contribution in [2.75, 3.05) is 18.5 Å². The molecule has 0 aromatic heterocycles. The van der Waals surface area contributed by atoms with E-state index >= 15 is 0 Å². The average molecular weight is 422 g/mol. The minimum Gasteiger partial charge on any atom is -0.463 e. The maximum Gasteiger partial charge on any atom is 0.330 e. The van der Waals surface area contributed by atoms with E-state index in [1.807, 2.05) is 0 Å². The summed E-state index contributed by atoms with van der Waals surface area (Å²) in [4.78, 5) is 47.8. The van der Waals surface area contributed by atoms with Crippen LogP contribution in [-0.2, 0) is 23.9 Å². The third kappa shape index (κ3) is 7.95. The minimum atomic E-state index is -0.584. The molecule has 1 saturated heterocycles. The third-order valence-corrected chi connectivity index (χ3v) is 4.46. The molecule has 1 aliphatic rings. The van der Waals surface area contributed by atoms with Gasteiger partial charge in [-0.05, 0) is 38.0 Å². The molecule has 0 aliphatic carbocycles. The predicted octanol–water partition coefficient (Wildman–Crippen LogP) is 1.80. The molecule has 0 radical (unpaired) electrons. The van der Waals surface area contributed by atoms with Crippen molar-refractivity contribution < 1.29 is 23.9 Å². The number of hydrogen-bond acceptors (Lipinski definition) is 5. The highest BCUT2D eigenvalue weighted by Crippen LogP contribution is 2.17. The monoisotopic (exact) mass is 421 g/mol. The summed E-state index contributed by atoms with van der Waals surface area (Å²) in [6.07, 6.45) is 3.26. The van der Waals surface area contributed by atoms with Crippen LogP contribution in [0, 0.1) is 5.92 Å². The van der Waals surface area contributed by atoms with E-state index in [2.05, 4.69) is 16.0 Å². The van der Waals surface area contributed by atoms with Gasteiger partial charge in [-0.25, -0.2) is 4.79 Å². The first-order valence-corrected chi connectivity index (χ1v) is 9.72. The van der Waals surface area contributed by atoms with E-state index in [1.54, 1.807) is 31.2 Å². The highest BCUT2D eigenvalue weighted by atomic mass is 35.5. The largest absolute Gasteiger partial charge is 0.463 e. The van der Waals surface area contributed by atoms with E-state index < -0.39 is 30.2 Å². The number of esters is 1. The summed E-state index contributed by atoms with van der Waals surface area (Å²) >= 11 is 5.87. The SMILES string of the molecule is CCOC(=O)/C=C/[C@H](C[C@@H]1CCNC1=O)NC(=O)CC(=O)Nc1cccc(Cl)c1. The fourth-order valence-electron chi connectivity index (χ4n) is 2.92. The Morgan fingerprint density at radius 2 is 2.14 bits per heavy atom. The standard InChI is InChI=1S/C20H24ClN3O5/c1-2-29-19(27)7-6-16(10-13-8-9-22-20(13)28)24-18(26)12-17(25)23-15-5-3-4-14(21)11-15/h3-7,11,13,16H,2,8-10,12H2,1H3,(H,22,28)(H,23,25)(H,24,26)/b7-6+/t13-,16+/m0/s1. The molecule has 0 unspecified atom stereocenters. The fourth-order valence-corrected chi connectivity index (χ4v) is 3.11. The Morgan fingerprint density at radius 1 is 1.34 bits per heavy atom. The van der Waals surface area contributed by atoms with E-state index in [0.717, 1.165) is 0 Å². The van der Waals surface area contributed by atoms with Gasteiger partial charge in [0.2, 0.25) is 17.7 Å². The van der Waals surface area contributed by atoms with Crippen LogP contribution in [0.2, 0.25) is 5.02 Å². The number of nitrogens with one attached hydrogen (secondary N) is 3. The lowest BCUT2D eigenvalue weighted by molar-refractivity contribution is -0.137. The Balaban J connectivity index is 1.94. The zero-order chi connectivity index (χ0) is 21.2. The summed E-state index contributed by atoms with van der Waals surface area (Å²) in [5.41, 5.74) is 0.483. The van der Waals surface area contributed by atoms with E-state index in [-0.39, 0.29) is 18.4 Å². The first-order chi connectivity index (χ1) is 13.9. The molecule has 2 atom stereocenters. The highest BCUT2D eigenvalue weighted by Gasteiger charge is 2.27. The van der Waals surface area contributed by atoms with Gasteiger partial charge < -0.3 is 20.7 Å². The van der Waals surface area contributed by atoms with Crippen molar-refractivity contribution in [2.24, 2.45) is 5.92 Å². The van der Waals surface area contributed by atoms with Crippen LogP contribution in [0.3, 0.4) is 0 Å². The van der Waals surface area contributed by atoms with Crippen molar-refractivity contribution in [3.63, 3.8) is 0 Å². The highest BCUT2D eigenvalue weighted by molar-refractivity contribution is 6.30. The summed E-state index contributed by atoms with van der Waals surface area (Å²) in [5.74, 6) is -1.93. The molecule has 3 N–H and O–H groups in total. The van der Waals surface area contributed by atoms with Gasteiger partial charge in [-0.15, -0.1) is 0 Å². The molecule has 0 saturated carbocycles. The maximum absolute atomic E-state index is 12.3. The number of halogens is 1. The van der Waals surface area contributed by atoms with Crippen LogP contribution in [0.4, 0.5) is 5.69 Å². The Bertz CT molecular complexity index is 796. The van der Waals surface area contributed by atoms with Crippen LogP contribution >= 0.6 is 11.6 Å². The van der Waals surface area contributed by atoms with Crippen molar-refractivity contribution in [1.82, 2.24) is 10.6 Å². The quantitative estimate of drug-likeness (QED) is 0.319. The summed E-state index contributed by atoms with van der Waals surface area (Å²) < 4.78 is 4.84. The van der Waals surface area contributed by atoms with Gasteiger partial charge in [-0.1, -0.05) is 23.7 Å². The molecular weight excluding hydrogens is 398 g/mol. The molecule has 1 aromatic carbocycles. The number of carbonyl (C=O) groups is 4. The second kappa shape index (κ2) is 11.2. The van der Waals surface area contributed by atoms with Crippen LogP contribution in [0.5, 0.6) is 0 Å². The van der Waals surface area contributed by atoms with Gasteiger partial charge in [-0.3, -0.25) is 14.4 Å². The van der Waals surface area contributed by atoms with E-state index in [1.165, 1.54) is 12.2 Å². The Kier molecular flexibility index (Phi) is 8.67. The normalized spacial score (nSPS) is 16.9. The Hall–Kier alpha value is -2.87. The molecule has 156 valence electrons. The number of carbonyl (C=O) groups excluding carboxylic acids is 4. The molecule has 0 spiro atoms. The summed E-state index contributed by atoms with van der Waals surface area (Å²) in [5, 5.41) is 8.48. The van der Waals surface area contributed by atoms with Crippen LogP contribution in [-0.4, -0.2) is 42.9 Å². The molecule has 1 fully saturated rings. The van der Waals surface area contributed by atoms with Gasteiger partial charge in [0, 0.05) is 35.3 Å². The summed E-state index contributed by atoms with van der Waals surface area (Å²) in [6, 6.07) is 6.00. The van der Waals surface area contributed by atoms with Gasteiger partial charge in [-0.2, -0.15) is 0 Å². The molecule has 3 amide bonds. The number of ether oxygens (including phenoxy) is 1. The van der Waals surface area contributed by atoms with Gasteiger partial charge in [0.25, 0.3) is 0 Å². The van der Waals surface area contributed by atoms with Crippen molar-refractivity contribution >= 4 is 41.0 Å². The zero-order valence-corrected chi connectivity index (χ0v) is 16.8. The second-order valence-corrected chi connectivity index (χ2v) is 6.97. The number of rotatable bonds is 9. The topological polar surface area (TPSA) is 114 Å². The third-order valence-electron chi connectivity index (χ3n) is 4.23. The molecular formula is C20H24ClN3O5. The van der Waals surface area contributed by atoms with Crippen molar-refractivity contribution in [3.05, 3.63) is 41.4 Å². The predicted molar refractivity (Wildman–Crippen MR) is 108 cm³/mol. The maximum atomic E-state index is 12.3. The molecule has 9 heteroatoms. The lowest BCUT2D eigenvalue weighted by Gasteiger charge is -2.18. The molecule has 2 rings (SSSR count). The van der Waals surface area contributed by atoms with E-state index in [9.17, 15) is 19.2 Å². The Morgan fingerprint density at radius 3 is 2.79 bits per heavy atom. The Labute approximate surface area is 174 Å². The number of hydrogen-bond donors (Lipinski definition) is 3. The van der Waals surface area contributed by atoms with Crippen molar-refractivity contribution in [2.45, 2.75) is 32.2 Å².